The summed E-state index contributed by atoms with van der Waals surface area (Å²) in [6, 6.07) is 0. The molecule has 80 valence electrons. The molecule has 0 atom stereocenters. The van der Waals surface area contributed by atoms with Crippen LogP contribution in [0.4, 0.5) is 0 Å². The smallest absolute Gasteiger partial charge is 0.199 e. The summed E-state index contributed by atoms with van der Waals surface area (Å²) in [5, 5.41) is 3.47. The second-order valence-electron chi connectivity index (χ2n) is 4.20. The van der Waals surface area contributed by atoms with Gasteiger partial charge in [-0.2, -0.15) is 0 Å². The van der Waals surface area contributed by atoms with E-state index in [1.807, 2.05) is 7.11 Å². The molecule has 0 saturated heterocycles. The summed E-state index contributed by atoms with van der Waals surface area (Å²) in [5.74, 6) is 0. The van der Waals surface area contributed by atoms with E-state index in [4.69, 9.17) is 4.43 Å². The van der Waals surface area contributed by atoms with Crippen LogP contribution in [0.3, 0.4) is 0 Å². The van der Waals surface area contributed by atoms with Crippen LogP contribution in [0, 0.1) is 0 Å². The van der Waals surface area contributed by atoms with Crippen molar-refractivity contribution in [2.45, 2.75) is 45.7 Å². The Hall–Kier alpha value is 0.137. The monoisotopic (exact) mass is 203 g/mol. The first kappa shape index (κ1) is 13.1. The van der Waals surface area contributed by atoms with E-state index >= 15 is 0 Å². The second-order valence-corrected chi connectivity index (χ2v) is 8.48. The van der Waals surface area contributed by atoms with Crippen LogP contribution in [-0.4, -0.2) is 28.1 Å². The largest absolute Gasteiger partial charge is 0.419 e. The third-order valence-electron chi connectivity index (χ3n) is 2.31. The zero-order valence-corrected chi connectivity index (χ0v) is 10.7. The summed E-state index contributed by atoms with van der Waals surface area (Å²) in [6.07, 6.45) is 6.43. The zero-order valence-electron chi connectivity index (χ0n) is 9.65. The molecule has 0 radical (unpaired) electrons. The minimum absolute atomic E-state index is 1.08. The number of rotatable bonds is 8. The molecule has 0 amide bonds. The summed E-state index contributed by atoms with van der Waals surface area (Å²) >= 11 is 0. The highest BCUT2D eigenvalue weighted by atomic mass is 28.4. The molecule has 0 aromatic heterocycles. The fraction of sp³-hybridized carbons (Fsp3) is 1.00. The lowest BCUT2D eigenvalue weighted by atomic mass is 10.2. The maximum absolute atomic E-state index is 5.44. The van der Waals surface area contributed by atoms with Crippen molar-refractivity contribution >= 4 is 8.32 Å². The van der Waals surface area contributed by atoms with Gasteiger partial charge < -0.3 is 9.74 Å². The lowest BCUT2D eigenvalue weighted by molar-refractivity contribution is 0.399. The van der Waals surface area contributed by atoms with Crippen LogP contribution in [0.15, 0.2) is 0 Å². The summed E-state index contributed by atoms with van der Waals surface area (Å²) in [4.78, 5) is 0. The summed E-state index contributed by atoms with van der Waals surface area (Å²) < 4.78 is 5.44. The molecule has 0 rings (SSSR count). The van der Waals surface area contributed by atoms with Crippen LogP contribution in [0.1, 0.15) is 32.6 Å². The zero-order chi connectivity index (χ0) is 10.2. The highest BCUT2D eigenvalue weighted by Crippen LogP contribution is 2.00. The second kappa shape index (κ2) is 7.53. The third-order valence-corrected chi connectivity index (χ3v) is 4.52. The van der Waals surface area contributed by atoms with Gasteiger partial charge in [-0.25, -0.2) is 0 Å². The minimum Gasteiger partial charge on any atom is -0.419 e. The van der Waals surface area contributed by atoms with Crippen LogP contribution < -0.4 is 5.32 Å². The van der Waals surface area contributed by atoms with Crippen molar-refractivity contribution in [2.75, 3.05) is 19.8 Å². The average Bonchev–Trinajstić information content (AvgIpc) is 2.11. The van der Waals surface area contributed by atoms with Crippen LogP contribution >= 0.6 is 0 Å². The summed E-state index contributed by atoms with van der Waals surface area (Å²) in [5.41, 5.74) is 0. The van der Waals surface area contributed by atoms with E-state index in [1.165, 1.54) is 25.7 Å². The first-order valence-corrected chi connectivity index (χ1v) is 8.50. The van der Waals surface area contributed by atoms with Gasteiger partial charge in [-0.15, -0.1) is 0 Å². The van der Waals surface area contributed by atoms with Crippen molar-refractivity contribution in [2.24, 2.45) is 0 Å². The molecule has 0 spiro atoms. The Balaban J connectivity index is 3.16. The van der Waals surface area contributed by atoms with E-state index in [2.05, 4.69) is 25.3 Å². The van der Waals surface area contributed by atoms with Gasteiger partial charge in [0.1, 0.15) is 0 Å². The highest BCUT2D eigenvalue weighted by Gasteiger charge is 2.18. The summed E-state index contributed by atoms with van der Waals surface area (Å²) in [7, 11) is 0.468. The van der Waals surface area contributed by atoms with Crippen LogP contribution in [0.5, 0.6) is 0 Å². The molecule has 0 unspecified atom stereocenters. The Morgan fingerprint density at radius 1 is 1.15 bits per heavy atom. The van der Waals surface area contributed by atoms with Gasteiger partial charge in [-0.05, 0) is 26.1 Å². The molecular weight excluding hydrogens is 178 g/mol. The molecule has 13 heavy (non-hydrogen) atoms. The molecule has 1 N–H and O–H groups in total. The Bertz CT molecular complexity index is 117. The van der Waals surface area contributed by atoms with Gasteiger partial charge in [0.25, 0.3) is 0 Å². The number of nitrogens with one attached hydrogen (secondary N) is 1. The van der Waals surface area contributed by atoms with Crippen LogP contribution in [-0.2, 0) is 4.43 Å². The number of hydrogen-bond acceptors (Lipinski definition) is 2. The van der Waals surface area contributed by atoms with E-state index in [0.717, 1.165) is 12.7 Å². The fourth-order valence-corrected chi connectivity index (χ4v) is 2.06. The highest BCUT2D eigenvalue weighted by molar-refractivity contribution is 6.71. The first-order chi connectivity index (χ1) is 6.12. The van der Waals surface area contributed by atoms with E-state index < -0.39 is 8.32 Å². The molecule has 2 nitrogen and oxygen atoms in total. The number of hydrogen-bond donors (Lipinski definition) is 1. The molecule has 0 aromatic rings. The van der Waals surface area contributed by atoms with E-state index in [-0.39, 0.29) is 0 Å². The van der Waals surface area contributed by atoms with Gasteiger partial charge in [0.15, 0.2) is 8.32 Å². The van der Waals surface area contributed by atoms with E-state index in [0.29, 0.717) is 0 Å². The van der Waals surface area contributed by atoms with Crippen molar-refractivity contribution in [3.05, 3.63) is 0 Å². The van der Waals surface area contributed by atoms with Gasteiger partial charge >= 0.3 is 0 Å². The molecule has 0 aliphatic heterocycles. The lowest BCUT2D eigenvalue weighted by Crippen LogP contribution is -2.42. The summed E-state index contributed by atoms with van der Waals surface area (Å²) in [6.45, 7) is 7.88. The fourth-order valence-electron chi connectivity index (χ4n) is 1.14. The Morgan fingerprint density at radius 2 is 1.85 bits per heavy atom. The van der Waals surface area contributed by atoms with Gasteiger partial charge in [-0.3, -0.25) is 0 Å². The Morgan fingerprint density at radius 3 is 2.38 bits per heavy atom. The molecule has 3 heteroatoms. The molecule has 0 bridgehead atoms. The van der Waals surface area contributed by atoms with Crippen molar-refractivity contribution in [3.63, 3.8) is 0 Å². The van der Waals surface area contributed by atoms with Crippen molar-refractivity contribution in [1.29, 1.82) is 0 Å². The van der Waals surface area contributed by atoms with Crippen molar-refractivity contribution in [1.82, 2.24) is 5.32 Å². The maximum atomic E-state index is 5.44. The molecule has 0 aliphatic rings. The topological polar surface area (TPSA) is 21.3 Å². The predicted molar refractivity (Wildman–Crippen MR) is 61.5 cm³/mol. The van der Waals surface area contributed by atoms with Gasteiger partial charge in [-0.1, -0.05) is 26.2 Å². The van der Waals surface area contributed by atoms with Gasteiger partial charge in [0.05, 0.1) is 0 Å². The Labute approximate surface area is 84.2 Å². The molecule has 0 heterocycles. The standard InChI is InChI=1S/C10H25NOSi/c1-5-6-7-8-9-11-10-13(3,4)12-2/h11H,5-10H2,1-4H3. The molecule has 0 saturated carbocycles. The van der Waals surface area contributed by atoms with Crippen LogP contribution in [0.25, 0.3) is 0 Å². The minimum atomic E-state index is -1.36. The quantitative estimate of drug-likeness (QED) is 0.483. The predicted octanol–water partition coefficient (Wildman–Crippen LogP) is 2.55. The van der Waals surface area contributed by atoms with E-state index in [1.54, 1.807) is 0 Å². The SMILES string of the molecule is CCCCCCNC[Si](C)(C)OC. The number of unbranched alkanes of at least 4 members (excludes halogenated alkanes) is 3. The van der Waals surface area contributed by atoms with Crippen LogP contribution in [0.2, 0.25) is 13.1 Å². The lowest BCUT2D eigenvalue weighted by Gasteiger charge is -2.20. The maximum Gasteiger partial charge on any atom is 0.199 e. The van der Waals surface area contributed by atoms with Crippen molar-refractivity contribution < 1.29 is 4.43 Å². The molecule has 0 aromatic carbocycles. The van der Waals surface area contributed by atoms with Crippen molar-refractivity contribution in [3.8, 4) is 0 Å². The van der Waals surface area contributed by atoms with E-state index in [9.17, 15) is 0 Å². The normalized spacial score (nSPS) is 12.0. The first-order valence-electron chi connectivity index (χ1n) is 5.38. The van der Waals surface area contributed by atoms with Gasteiger partial charge in [0.2, 0.25) is 0 Å². The molecule has 0 fully saturated rings. The molecular formula is C10H25NOSi. The third kappa shape index (κ3) is 8.47. The Kier molecular flexibility index (Phi) is 7.61. The average molecular weight is 203 g/mol. The van der Waals surface area contributed by atoms with Gasteiger partial charge in [0, 0.05) is 13.3 Å². The molecule has 0 aliphatic carbocycles.